The molecule has 0 fully saturated rings. The number of benzene rings is 1. The Bertz CT molecular complexity index is 325. The Hall–Kier alpha value is -0.780. The van der Waals surface area contributed by atoms with Crippen molar-refractivity contribution in [3.8, 4) is 0 Å². The van der Waals surface area contributed by atoms with Gasteiger partial charge in [0.05, 0.1) is 0 Å². The summed E-state index contributed by atoms with van der Waals surface area (Å²) in [6.07, 6.45) is 3.95. The first-order chi connectivity index (χ1) is 6.74. The van der Waals surface area contributed by atoms with Crippen LogP contribution in [0.1, 0.15) is 49.3 Å². The smallest absolute Gasteiger partial charge is 0.0133 e. The van der Waals surface area contributed by atoms with Gasteiger partial charge in [-0.25, -0.2) is 0 Å². The first-order valence-corrected chi connectivity index (χ1v) is 5.82. The van der Waals surface area contributed by atoms with Crippen LogP contribution in [0, 0.1) is 12.8 Å². The van der Waals surface area contributed by atoms with Gasteiger partial charge in [-0.1, -0.05) is 32.0 Å². The lowest BCUT2D eigenvalue weighted by atomic mass is 9.73. The Morgan fingerprint density at radius 1 is 1.36 bits per heavy atom. The van der Waals surface area contributed by atoms with Gasteiger partial charge in [0.25, 0.3) is 0 Å². The monoisotopic (exact) mass is 188 g/mol. The fraction of sp³-hybridized carbons (Fsp3) is 0.571. The predicted molar refractivity (Wildman–Crippen MR) is 61.7 cm³/mol. The highest BCUT2D eigenvalue weighted by Crippen LogP contribution is 2.39. The molecule has 2 rings (SSSR count). The van der Waals surface area contributed by atoms with Gasteiger partial charge in [-0.15, -0.1) is 0 Å². The van der Waals surface area contributed by atoms with Gasteiger partial charge in [0.2, 0.25) is 0 Å². The van der Waals surface area contributed by atoms with Crippen LogP contribution in [-0.2, 0) is 6.42 Å². The fourth-order valence-corrected chi connectivity index (χ4v) is 2.97. The molecule has 1 aliphatic rings. The minimum absolute atomic E-state index is 0.806. The largest absolute Gasteiger partial charge is 0.0648 e. The van der Waals surface area contributed by atoms with Gasteiger partial charge in [-0.05, 0) is 54.7 Å². The van der Waals surface area contributed by atoms with Crippen molar-refractivity contribution < 1.29 is 0 Å². The molecule has 0 heteroatoms. The first-order valence-electron chi connectivity index (χ1n) is 5.82. The van der Waals surface area contributed by atoms with E-state index in [-0.39, 0.29) is 0 Å². The molecule has 0 spiro atoms. The van der Waals surface area contributed by atoms with Gasteiger partial charge in [0.15, 0.2) is 0 Å². The molecule has 0 N–H and O–H groups in total. The molecule has 0 heterocycles. The van der Waals surface area contributed by atoms with E-state index in [1.54, 1.807) is 11.1 Å². The van der Waals surface area contributed by atoms with Crippen molar-refractivity contribution in [3.05, 3.63) is 34.9 Å². The molecule has 14 heavy (non-hydrogen) atoms. The van der Waals surface area contributed by atoms with Crippen LogP contribution in [0.25, 0.3) is 0 Å². The quantitative estimate of drug-likeness (QED) is 0.623. The van der Waals surface area contributed by atoms with E-state index < -0.39 is 0 Å². The van der Waals surface area contributed by atoms with Crippen molar-refractivity contribution in [2.24, 2.45) is 5.92 Å². The molecule has 0 aromatic heterocycles. The molecule has 1 aliphatic carbocycles. The topological polar surface area (TPSA) is 0 Å². The standard InChI is InChI=1S/C14H20/c1-4-13-10(2)8-9-12-7-5-6-11(3)14(12)13/h5-7,10,13H,4,8-9H2,1-3H3/t10-,13?/m0/s1. The second-order valence-electron chi connectivity index (χ2n) is 4.68. The molecule has 0 bridgehead atoms. The van der Waals surface area contributed by atoms with Crippen molar-refractivity contribution in [2.75, 3.05) is 0 Å². The average molecular weight is 188 g/mol. The van der Waals surface area contributed by atoms with E-state index in [0.29, 0.717) is 0 Å². The lowest BCUT2D eigenvalue weighted by Crippen LogP contribution is -2.18. The molecule has 0 amide bonds. The first kappa shape index (κ1) is 9.76. The summed E-state index contributed by atoms with van der Waals surface area (Å²) < 4.78 is 0. The molecule has 2 atom stereocenters. The normalized spacial score (nSPS) is 25.9. The van der Waals surface area contributed by atoms with Crippen LogP contribution in [0.15, 0.2) is 18.2 Å². The zero-order valence-corrected chi connectivity index (χ0v) is 9.51. The third-order valence-electron chi connectivity index (χ3n) is 3.78. The zero-order chi connectivity index (χ0) is 10.1. The highest BCUT2D eigenvalue weighted by Gasteiger charge is 2.25. The average Bonchev–Trinajstić information content (AvgIpc) is 2.19. The van der Waals surface area contributed by atoms with Crippen LogP contribution in [0.3, 0.4) is 0 Å². The Morgan fingerprint density at radius 2 is 2.14 bits per heavy atom. The van der Waals surface area contributed by atoms with Crippen molar-refractivity contribution in [2.45, 2.75) is 46.0 Å². The summed E-state index contributed by atoms with van der Waals surface area (Å²) in [6.45, 7) is 6.99. The van der Waals surface area contributed by atoms with Gasteiger partial charge >= 0.3 is 0 Å². The van der Waals surface area contributed by atoms with Crippen molar-refractivity contribution in [1.29, 1.82) is 0 Å². The molecule has 0 saturated carbocycles. The molecule has 0 radical (unpaired) electrons. The summed E-state index contributed by atoms with van der Waals surface area (Å²) in [7, 11) is 0. The van der Waals surface area contributed by atoms with E-state index in [9.17, 15) is 0 Å². The number of rotatable bonds is 1. The summed E-state index contributed by atoms with van der Waals surface area (Å²) in [4.78, 5) is 0. The van der Waals surface area contributed by atoms with Gasteiger partial charge in [0.1, 0.15) is 0 Å². The molecule has 0 nitrogen and oxygen atoms in total. The van der Waals surface area contributed by atoms with Crippen LogP contribution in [0.4, 0.5) is 0 Å². The summed E-state index contributed by atoms with van der Waals surface area (Å²) >= 11 is 0. The fourth-order valence-electron chi connectivity index (χ4n) is 2.97. The minimum Gasteiger partial charge on any atom is -0.0648 e. The van der Waals surface area contributed by atoms with E-state index in [1.807, 2.05) is 0 Å². The van der Waals surface area contributed by atoms with Gasteiger partial charge < -0.3 is 0 Å². The predicted octanol–water partition coefficient (Wildman–Crippen LogP) is 4.07. The van der Waals surface area contributed by atoms with E-state index in [1.165, 1.54) is 24.8 Å². The SMILES string of the molecule is CCC1c2c(C)cccc2CC[C@@H]1C. The second-order valence-corrected chi connectivity index (χ2v) is 4.68. The van der Waals surface area contributed by atoms with Crippen LogP contribution in [0.5, 0.6) is 0 Å². The van der Waals surface area contributed by atoms with Crippen LogP contribution in [-0.4, -0.2) is 0 Å². The molecule has 0 saturated heterocycles. The zero-order valence-electron chi connectivity index (χ0n) is 9.51. The van der Waals surface area contributed by atoms with E-state index >= 15 is 0 Å². The molecule has 1 unspecified atom stereocenters. The molecule has 1 aromatic rings. The molecule has 76 valence electrons. The third-order valence-corrected chi connectivity index (χ3v) is 3.78. The van der Waals surface area contributed by atoms with E-state index in [2.05, 4.69) is 39.0 Å². The maximum absolute atomic E-state index is 2.41. The lowest BCUT2D eigenvalue weighted by Gasteiger charge is -2.32. The van der Waals surface area contributed by atoms with Gasteiger partial charge in [-0.3, -0.25) is 0 Å². The maximum atomic E-state index is 2.41. The molecule has 1 aromatic carbocycles. The molecular formula is C14H20. The highest BCUT2D eigenvalue weighted by atomic mass is 14.3. The minimum atomic E-state index is 0.806. The third kappa shape index (κ3) is 1.47. The Kier molecular flexibility index (Phi) is 2.62. The van der Waals surface area contributed by atoms with Crippen LogP contribution >= 0.6 is 0 Å². The Balaban J connectivity index is 2.49. The number of fused-ring (bicyclic) bond motifs is 1. The highest BCUT2D eigenvalue weighted by molar-refractivity contribution is 5.39. The summed E-state index contributed by atoms with van der Waals surface area (Å²) in [5.74, 6) is 1.67. The number of hydrogen-bond donors (Lipinski definition) is 0. The second kappa shape index (κ2) is 3.76. The van der Waals surface area contributed by atoms with Crippen LogP contribution < -0.4 is 0 Å². The molecule has 0 aliphatic heterocycles. The van der Waals surface area contributed by atoms with Crippen molar-refractivity contribution in [3.63, 3.8) is 0 Å². The maximum Gasteiger partial charge on any atom is -0.0133 e. The summed E-state index contributed by atoms with van der Waals surface area (Å²) in [5.41, 5.74) is 4.77. The number of aryl methyl sites for hydroxylation is 2. The Morgan fingerprint density at radius 3 is 2.86 bits per heavy atom. The van der Waals surface area contributed by atoms with E-state index in [0.717, 1.165) is 11.8 Å². The van der Waals surface area contributed by atoms with Crippen molar-refractivity contribution >= 4 is 0 Å². The van der Waals surface area contributed by atoms with Gasteiger partial charge in [-0.2, -0.15) is 0 Å². The lowest BCUT2D eigenvalue weighted by molar-refractivity contribution is 0.392. The van der Waals surface area contributed by atoms with Gasteiger partial charge in [0, 0.05) is 0 Å². The summed E-state index contributed by atoms with van der Waals surface area (Å²) in [5, 5.41) is 0. The molecular weight excluding hydrogens is 168 g/mol. The van der Waals surface area contributed by atoms with E-state index in [4.69, 9.17) is 0 Å². The Labute approximate surface area is 87.3 Å². The van der Waals surface area contributed by atoms with Crippen molar-refractivity contribution in [1.82, 2.24) is 0 Å². The van der Waals surface area contributed by atoms with Crippen LogP contribution in [0.2, 0.25) is 0 Å². The number of hydrogen-bond acceptors (Lipinski definition) is 0. The summed E-state index contributed by atoms with van der Waals surface area (Å²) in [6, 6.07) is 6.78.